The zero-order valence-corrected chi connectivity index (χ0v) is 21.7. The predicted molar refractivity (Wildman–Crippen MR) is 138 cm³/mol. The first-order chi connectivity index (χ1) is 16.9. The van der Waals surface area contributed by atoms with Gasteiger partial charge in [0, 0.05) is 17.0 Å². The Morgan fingerprint density at radius 3 is 2.69 bits per heavy atom. The first kappa shape index (κ1) is 24.9. The van der Waals surface area contributed by atoms with Crippen LogP contribution in [0.2, 0.25) is 0 Å². The summed E-state index contributed by atoms with van der Waals surface area (Å²) in [4.78, 5) is 26.5. The van der Waals surface area contributed by atoms with Crippen LogP contribution in [0.1, 0.15) is 70.5 Å². The number of amides is 2. The monoisotopic (exact) mass is 508 g/mol. The molecule has 2 heterocycles. The molecule has 1 aromatic carbocycles. The fourth-order valence-corrected chi connectivity index (χ4v) is 6.20. The van der Waals surface area contributed by atoms with Gasteiger partial charge in [-0.15, -0.1) is 21.5 Å². The van der Waals surface area contributed by atoms with Gasteiger partial charge in [-0.25, -0.2) is 0 Å². The molecule has 2 amide bonds. The van der Waals surface area contributed by atoms with Gasteiger partial charge in [-0.05, 0) is 64.2 Å². The minimum absolute atomic E-state index is 0.148. The molecule has 1 aliphatic rings. The Hall–Kier alpha value is -3.16. The summed E-state index contributed by atoms with van der Waals surface area (Å²) in [5.74, 6) is 0.422. The van der Waals surface area contributed by atoms with E-state index >= 15 is 0 Å². The van der Waals surface area contributed by atoms with Crippen molar-refractivity contribution in [3.63, 3.8) is 0 Å². The smallest absolute Gasteiger partial charge is 0.251 e. The van der Waals surface area contributed by atoms with Crippen molar-refractivity contribution in [1.29, 1.82) is 5.26 Å². The third-order valence-electron chi connectivity index (χ3n) is 5.98. The minimum Gasteiger partial charge on any atom is -0.342 e. The summed E-state index contributed by atoms with van der Waals surface area (Å²) in [6.45, 7) is 6.42. The number of rotatable bonds is 8. The lowest BCUT2D eigenvalue weighted by Crippen LogP contribution is -2.28. The van der Waals surface area contributed by atoms with E-state index in [4.69, 9.17) is 0 Å². The van der Waals surface area contributed by atoms with Crippen LogP contribution in [0, 0.1) is 18.3 Å². The Bertz CT molecular complexity index is 1270. The van der Waals surface area contributed by atoms with E-state index < -0.39 is 0 Å². The van der Waals surface area contributed by atoms with Gasteiger partial charge in [0.2, 0.25) is 5.91 Å². The number of thiophene rings is 1. The van der Waals surface area contributed by atoms with Gasteiger partial charge in [-0.3, -0.25) is 9.59 Å². The molecule has 4 rings (SSSR count). The van der Waals surface area contributed by atoms with Gasteiger partial charge in [0.05, 0.1) is 17.4 Å². The van der Waals surface area contributed by atoms with Crippen molar-refractivity contribution in [2.45, 2.75) is 64.2 Å². The Morgan fingerprint density at radius 2 is 1.97 bits per heavy atom. The quantitative estimate of drug-likeness (QED) is 0.429. The number of nitrogens with one attached hydrogen (secondary N) is 2. The fourth-order valence-electron chi connectivity index (χ4n) is 4.14. The van der Waals surface area contributed by atoms with Gasteiger partial charge in [0.25, 0.3) is 5.91 Å². The number of aromatic nitrogens is 3. The highest BCUT2D eigenvalue weighted by molar-refractivity contribution is 7.99. The molecule has 2 aromatic heterocycles. The lowest BCUT2D eigenvalue weighted by Gasteiger charge is -2.15. The number of nitriles is 1. The number of aryl methyl sites for hydroxylation is 2. The van der Waals surface area contributed by atoms with Crippen molar-refractivity contribution in [3.8, 4) is 6.07 Å². The Kier molecular flexibility index (Phi) is 7.88. The van der Waals surface area contributed by atoms with E-state index in [0.717, 1.165) is 36.8 Å². The molecule has 10 heteroatoms. The van der Waals surface area contributed by atoms with E-state index in [2.05, 4.69) is 26.9 Å². The number of carbonyl (C=O) groups is 2. The van der Waals surface area contributed by atoms with Gasteiger partial charge in [-0.2, -0.15) is 5.26 Å². The van der Waals surface area contributed by atoms with Crippen LogP contribution in [0.4, 0.5) is 5.00 Å². The maximum Gasteiger partial charge on any atom is 0.251 e. The normalized spacial score (nSPS) is 13.5. The summed E-state index contributed by atoms with van der Waals surface area (Å²) in [6, 6.07) is 9.32. The molecule has 0 fully saturated rings. The second kappa shape index (κ2) is 11.1. The first-order valence-electron chi connectivity index (χ1n) is 11.7. The lowest BCUT2D eigenvalue weighted by atomic mass is 9.96. The number of hydrogen-bond acceptors (Lipinski definition) is 7. The number of carbonyl (C=O) groups excluding carboxylic acids is 2. The third kappa shape index (κ3) is 5.57. The zero-order valence-electron chi connectivity index (χ0n) is 20.1. The van der Waals surface area contributed by atoms with E-state index in [-0.39, 0.29) is 23.6 Å². The molecular weight excluding hydrogens is 480 g/mol. The molecule has 0 spiro atoms. The van der Waals surface area contributed by atoms with Crippen LogP contribution in [-0.4, -0.2) is 32.3 Å². The highest BCUT2D eigenvalue weighted by Crippen LogP contribution is 2.37. The molecule has 35 heavy (non-hydrogen) atoms. The van der Waals surface area contributed by atoms with Gasteiger partial charge in [0.15, 0.2) is 11.0 Å². The predicted octanol–water partition coefficient (Wildman–Crippen LogP) is 4.64. The first-order valence-corrected chi connectivity index (χ1v) is 13.5. The molecule has 1 atom stereocenters. The topological polar surface area (TPSA) is 113 Å². The van der Waals surface area contributed by atoms with Crippen LogP contribution in [0.3, 0.4) is 0 Å². The fraction of sp³-hybridized carbons (Fsp3) is 0.400. The molecule has 0 unspecified atom stereocenters. The third-order valence-corrected chi connectivity index (χ3v) is 8.15. The van der Waals surface area contributed by atoms with E-state index in [1.165, 1.54) is 28.0 Å². The molecule has 0 aliphatic heterocycles. The van der Waals surface area contributed by atoms with E-state index in [0.29, 0.717) is 33.7 Å². The second-order valence-electron chi connectivity index (χ2n) is 8.51. The maximum absolute atomic E-state index is 12.7. The van der Waals surface area contributed by atoms with Crippen LogP contribution < -0.4 is 10.6 Å². The van der Waals surface area contributed by atoms with Crippen molar-refractivity contribution < 1.29 is 9.59 Å². The SMILES string of the molecule is CCn1c(SCC(=O)Nc2sc3c(c2C#N)CCCC3)nnc1[C@@H](C)NC(=O)c1ccc(C)cc1. The molecular formula is C25H28N6O2S2. The van der Waals surface area contributed by atoms with Crippen molar-refractivity contribution in [3.05, 3.63) is 57.2 Å². The van der Waals surface area contributed by atoms with E-state index in [9.17, 15) is 14.9 Å². The van der Waals surface area contributed by atoms with Crippen LogP contribution in [-0.2, 0) is 24.2 Å². The highest BCUT2D eigenvalue weighted by Gasteiger charge is 2.23. The summed E-state index contributed by atoms with van der Waals surface area (Å²) >= 11 is 2.81. The van der Waals surface area contributed by atoms with Crippen LogP contribution in [0.15, 0.2) is 29.4 Å². The molecule has 3 aromatic rings. The average molecular weight is 509 g/mol. The molecule has 0 bridgehead atoms. The van der Waals surface area contributed by atoms with Gasteiger partial charge in [0.1, 0.15) is 11.1 Å². The number of hydrogen-bond donors (Lipinski definition) is 2. The summed E-state index contributed by atoms with van der Waals surface area (Å²) < 4.78 is 1.91. The van der Waals surface area contributed by atoms with Gasteiger partial charge >= 0.3 is 0 Å². The Morgan fingerprint density at radius 1 is 1.23 bits per heavy atom. The Labute approximate surface area is 213 Å². The number of fused-ring (bicyclic) bond motifs is 1. The minimum atomic E-state index is -0.352. The molecule has 0 saturated heterocycles. The largest absolute Gasteiger partial charge is 0.342 e. The number of benzene rings is 1. The van der Waals surface area contributed by atoms with Gasteiger partial charge < -0.3 is 15.2 Å². The summed E-state index contributed by atoms with van der Waals surface area (Å²) in [5.41, 5.74) is 3.39. The van der Waals surface area contributed by atoms with Crippen molar-refractivity contribution in [2.24, 2.45) is 0 Å². The van der Waals surface area contributed by atoms with Crippen LogP contribution in [0.5, 0.6) is 0 Å². The van der Waals surface area contributed by atoms with E-state index in [1.54, 1.807) is 12.1 Å². The highest BCUT2D eigenvalue weighted by atomic mass is 32.2. The maximum atomic E-state index is 12.7. The van der Waals surface area contributed by atoms with Crippen LogP contribution >= 0.6 is 23.1 Å². The number of nitrogens with zero attached hydrogens (tertiary/aromatic N) is 4. The zero-order chi connectivity index (χ0) is 24.9. The average Bonchev–Trinajstić information content (AvgIpc) is 3.43. The molecule has 2 N–H and O–H groups in total. The van der Waals surface area contributed by atoms with Crippen molar-refractivity contribution >= 4 is 39.9 Å². The molecule has 0 saturated carbocycles. The standard InChI is InChI=1S/C25H28N6O2S2/c1-4-31-22(16(3)27-23(33)17-11-9-15(2)10-12-17)29-30-25(31)34-14-21(32)28-24-19(13-26)18-7-5-6-8-20(18)35-24/h9-12,16H,4-8,14H2,1-3H3,(H,27,33)(H,28,32)/t16-/m1/s1. The summed E-state index contributed by atoms with van der Waals surface area (Å²) in [7, 11) is 0. The van der Waals surface area contributed by atoms with Crippen molar-refractivity contribution in [2.75, 3.05) is 11.1 Å². The second-order valence-corrected chi connectivity index (χ2v) is 10.6. The number of anilines is 1. The summed E-state index contributed by atoms with van der Waals surface area (Å²) in [6.07, 6.45) is 4.09. The van der Waals surface area contributed by atoms with Gasteiger partial charge in [-0.1, -0.05) is 29.5 Å². The molecule has 182 valence electrons. The molecule has 1 aliphatic carbocycles. The summed E-state index contributed by atoms with van der Waals surface area (Å²) in [5, 5.41) is 25.3. The molecule has 8 nitrogen and oxygen atoms in total. The lowest BCUT2D eigenvalue weighted by molar-refractivity contribution is -0.113. The molecule has 0 radical (unpaired) electrons. The van der Waals surface area contributed by atoms with Crippen molar-refractivity contribution in [1.82, 2.24) is 20.1 Å². The Balaban J connectivity index is 1.39. The van der Waals surface area contributed by atoms with Crippen LogP contribution in [0.25, 0.3) is 0 Å². The van der Waals surface area contributed by atoms with E-state index in [1.807, 2.05) is 37.5 Å². The number of thioether (sulfide) groups is 1.